The zero-order valence-corrected chi connectivity index (χ0v) is 14.3. The topological polar surface area (TPSA) is 84.1 Å². The Morgan fingerprint density at radius 3 is 2.74 bits per heavy atom. The van der Waals surface area contributed by atoms with Gasteiger partial charge in [-0.25, -0.2) is 4.98 Å². The number of rotatable bonds is 0. The minimum absolute atomic E-state index is 0.0659. The Bertz CT molecular complexity index is 1620. The van der Waals surface area contributed by atoms with Crippen LogP contribution < -0.4 is 5.56 Å². The summed E-state index contributed by atoms with van der Waals surface area (Å²) in [4.78, 5) is 20.9. The van der Waals surface area contributed by atoms with E-state index in [1.807, 2.05) is 42.5 Å². The SMILES string of the molecule is Cn1c(O)c2c3c[nH]c4cccc(oc5nc6ccccc6c5c2c1=O)c43. The molecule has 6 aromatic rings. The third kappa shape index (κ3) is 1.65. The van der Waals surface area contributed by atoms with Gasteiger partial charge in [0.25, 0.3) is 5.56 Å². The summed E-state index contributed by atoms with van der Waals surface area (Å²) >= 11 is 0. The Morgan fingerprint density at radius 1 is 1.00 bits per heavy atom. The predicted molar refractivity (Wildman–Crippen MR) is 105 cm³/mol. The van der Waals surface area contributed by atoms with Crippen molar-refractivity contribution in [2.45, 2.75) is 0 Å². The molecule has 0 radical (unpaired) electrons. The van der Waals surface area contributed by atoms with Crippen LogP contribution in [-0.4, -0.2) is 19.6 Å². The second-order valence-electron chi connectivity index (χ2n) is 6.73. The number of para-hydroxylation sites is 1. The van der Waals surface area contributed by atoms with E-state index in [-0.39, 0.29) is 11.4 Å². The molecule has 6 nitrogen and oxygen atoms in total. The van der Waals surface area contributed by atoms with Crippen molar-refractivity contribution < 1.29 is 9.52 Å². The van der Waals surface area contributed by atoms with E-state index in [2.05, 4.69) is 9.97 Å². The molecule has 4 aromatic heterocycles. The third-order valence-electron chi connectivity index (χ3n) is 5.31. The van der Waals surface area contributed by atoms with Crippen LogP contribution in [0.15, 0.2) is 57.9 Å². The van der Waals surface area contributed by atoms with Crippen molar-refractivity contribution in [1.29, 1.82) is 0 Å². The maximum absolute atomic E-state index is 13.1. The molecule has 6 heteroatoms. The number of hydrogen-bond donors (Lipinski definition) is 2. The Balaban J connectivity index is 2.14. The first-order chi connectivity index (χ1) is 13.1. The van der Waals surface area contributed by atoms with Crippen LogP contribution in [0.1, 0.15) is 0 Å². The van der Waals surface area contributed by atoms with Crippen LogP contribution >= 0.6 is 0 Å². The van der Waals surface area contributed by atoms with Gasteiger partial charge < -0.3 is 14.5 Å². The summed E-state index contributed by atoms with van der Waals surface area (Å²) < 4.78 is 7.46. The fourth-order valence-electron chi connectivity index (χ4n) is 4.05. The van der Waals surface area contributed by atoms with Crippen molar-refractivity contribution in [3.8, 4) is 5.88 Å². The number of benzene rings is 2. The highest BCUT2D eigenvalue weighted by Gasteiger charge is 2.21. The van der Waals surface area contributed by atoms with Gasteiger partial charge in [-0.2, -0.15) is 0 Å². The first kappa shape index (κ1) is 14.4. The van der Waals surface area contributed by atoms with E-state index in [0.717, 1.165) is 27.2 Å². The van der Waals surface area contributed by atoms with Gasteiger partial charge in [0, 0.05) is 29.5 Å². The van der Waals surface area contributed by atoms with Crippen LogP contribution in [0.4, 0.5) is 0 Å². The van der Waals surface area contributed by atoms with Crippen molar-refractivity contribution in [2.24, 2.45) is 7.05 Å². The normalized spacial score (nSPS) is 12.2. The molecule has 0 unspecified atom stereocenters. The maximum Gasteiger partial charge on any atom is 0.262 e. The van der Waals surface area contributed by atoms with Crippen molar-refractivity contribution >= 4 is 54.6 Å². The van der Waals surface area contributed by atoms with Gasteiger partial charge in [0.05, 0.1) is 27.1 Å². The average Bonchev–Trinajstić information content (AvgIpc) is 3.30. The van der Waals surface area contributed by atoms with E-state index >= 15 is 0 Å². The zero-order valence-electron chi connectivity index (χ0n) is 14.3. The highest BCUT2D eigenvalue weighted by atomic mass is 16.3. The van der Waals surface area contributed by atoms with E-state index in [0.29, 0.717) is 27.5 Å². The van der Waals surface area contributed by atoms with E-state index in [1.54, 1.807) is 13.2 Å². The minimum atomic E-state index is -0.278. The zero-order chi connectivity index (χ0) is 18.3. The number of H-pyrrole nitrogens is 1. The molecule has 0 bridgehead atoms. The molecule has 0 saturated heterocycles. The molecule has 0 saturated carbocycles. The van der Waals surface area contributed by atoms with Crippen molar-refractivity contribution in [3.05, 3.63) is 59.0 Å². The highest BCUT2D eigenvalue weighted by Crippen LogP contribution is 2.39. The fraction of sp³-hybridized carbons (Fsp3) is 0.0476. The number of aromatic nitrogens is 3. The second kappa shape index (κ2) is 4.67. The number of fused-ring (bicyclic) bond motifs is 6. The number of aromatic hydroxyl groups is 1. The summed E-state index contributed by atoms with van der Waals surface area (Å²) in [7, 11) is 1.57. The summed E-state index contributed by atoms with van der Waals surface area (Å²) in [5.74, 6) is -0.0659. The Labute approximate surface area is 151 Å². The molecular formula is C21H13N3O3. The average molecular weight is 355 g/mol. The smallest absolute Gasteiger partial charge is 0.262 e. The van der Waals surface area contributed by atoms with Gasteiger partial charge in [-0.1, -0.05) is 24.3 Å². The van der Waals surface area contributed by atoms with Crippen LogP contribution in [0.25, 0.3) is 54.6 Å². The molecule has 0 aliphatic rings. The van der Waals surface area contributed by atoms with Crippen LogP contribution in [0.5, 0.6) is 5.88 Å². The van der Waals surface area contributed by atoms with Gasteiger partial charge in [-0.05, 0) is 18.2 Å². The maximum atomic E-state index is 13.1. The molecule has 130 valence electrons. The molecule has 27 heavy (non-hydrogen) atoms. The summed E-state index contributed by atoms with van der Waals surface area (Å²) in [5.41, 5.74) is 2.34. The molecule has 0 aliphatic carbocycles. The van der Waals surface area contributed by atoms with Crippen LogP contribution in [0.3, 0.4) is 0 Å². The van der Waals surface area contributed by atoms with Crippen molar-refractivity contribution in [2.75, 3.05) is 0 Å². The summed E-state index contributed by atoms with van der Waals surface area (Å²) in [6.45, 7) is 0. The largest absolute Gasteiger partial charge is 0.494 e. The summed E-state index contributed by atoms with van der Waals surface area (Å²) in [5, 5.41) is 14.7. The molecule has 0 atom stereocenters. The Morgan fingerprint density at radius 2 is 1.85 bits per heavy atom. The van der Waals surface area contributed by atoms with E-state index < -0.39 is 0 Å². The first-order valence-electron chi connectivity index (χ1n) is 8.58. The monoisotopic (exact) mass is 355 g/mol. The molecule has 0 aliphatic heterocycles. The Kier molecular flexibility index (Phi) is 2.49. The van der Waals surface area contributed by atoms with Gasteiger partial charge in [0.2, 0.25) is 11.6 Å². The van der Waals surface area contributed by atoms with Gasteiger partial charge in [-0.3, -0.25) is 9.36 Å². The lowest BCUT2D eigenvalue weighted by Gasteiger charge is -1.98. The van der Waals surface area contributed by atoms with Crippen molar-refractivity contribution in [3.63, 3.8) is 0 Å². The molecule has 6 rings (SSSR count). The number of aromatic amines is 1. The first-order valence-corrected chi connectivity index (χ1v) is 8.58. The Hall–Kier alpha value is -3.80. The molecule has 0 amide bonds. The van der Waals surface area contributed by atoms with Crippen LogP contribution in [0, 0.1) is 0 Å². The third-order valence-corrected chi connectivity index (χ3v) is 5.31. The summed E-state index contributed by atoms with van der Waals surface area (Å²) in [6.07, 6.45) is 1.80. The number of nitrogens with one attached hydrogen (secondary N) is 1. The quantitative estimate of drug-likeness (QED) is 0.428. The second-order valence-corrected chi connectivity index (χ2v) is 6.73. The lowest BCUT2D eigenvalue weighted by molar-refractivity contribution is 0.435. The van der Waals surface area contributed by atoms with Crippen molar-refractivity contribution in [1.82, 2.24) is 14.5 Å². The molecule has 2 N–H and O–H groups in total. The van der Waals surface area contributed by atoms with Gasteiger partial charge >= 0.3 is 0 Å². The van der Waals surface area contributed by atoms with Gasteiger partial charge in [0.1, 0.15) is 5.58 Å². The lowest BCUT2D eigenvalue weighted by atomic mass is 10.1. The van der Waals surface area contributed by atoms with E-state index in [1.165, 1.54) is 4.57 Å². The van der Waals surface area contributed by atoms with Crippen LogP contribution in [-0.2, 0) is 7.05 Å². The standard InChI is InChI=1S/C21H13N3O3/c1-24-20(25)17-11-9-22-13-7-4-8-14(15(11)13)27-19-16(18(17)21(24)26)10-5-2-3-6-12(10)23-19/h2-9,22,25H,1H3. The van der Waals surface area contributed by atoms with Crippen LogP contribution in [0.2, 0.25) is 0 Å². The van der Waals surface area contributed by atoms with E-state index in [9.17, 15) is 9.90 Å². The number of hydrogen-bond acceptors (Lipinski definition) is 4. The van der Waals surface area contributed by atoms with E-state index in [4.69, 9.17) is 4.42 Å². The molecule has 2 aromatic carbocycles. The summed E-state index contributed by atoms with van der Waals surface area (Å²) in [6, 6.07) is 13.3. The molecule has 0 spiro atoms. The van der Waals surface area contributed by atoms with Gasteiger partial charge in [-0.15, -0.1) is 0 Å². The highest BCUT2D eigenvalue weighted by molar-refractivity contribution is 6.26. The molecule has 0 fully saturated rings. The minimum Gasteiger partial charge on any atom is -0.494 e. The lowest BCUT2D eigenvalue weighted by Crippen LogP contribution is -2.09. The molecular weight excluding hydrogens is 342 g/mol. The predicted octanol–water partition coefficient (Wildman–Crippen LogP) is 4.17. The molecule has 4 heterocycles. The fourth-order valence-corrected chi connectivity index (χ4v) is 4.05. The van der Waals surface area contributed by atoms with Gasteiger partial charge in [0.15, 0.2) is 0 Å². The number of nitrogens with zero attached hydrogens (tertiary/aromatic N) is 2.